The number of ether oxygens (including phenoxy) is 2. The number of halogens is 4. The van der Waals surface area contributed by atoms with Crippen LogP contribution in [0.25, 0.3) is 0 Å². The number of carboxylic acids is 1. The molecule has 1 aromatic carbocycles. The summed E-state index contributed by atoms with van der Waals surface area (Å²) in [5, 5.41) is 11.4. The van der Waals surface area contributed by atoms with Crippen molar-refractivity contribution in [3.63, 3.8) is 0 Å². The van der Waals surface area contributed by atoms with Crippen molar-refractivity contribution < 1.29 is 51.3 Å². The van der Waals surface area contributed by atoms with Gasteiger partial charge in [0.1, 0.15) is 18.8 Å². The highest BCUT2D eigenvalue weighted by Gasteiger charge is 2.58. The van der Waals surface area contributed by atoms with Gasteiger partial charge in [-0.15, -0.1) is 0 Å². The van der Waals surface area contributed by atoms with Crippen molar-refractivity contribution >= 4 is 23.8 Å². The largest absolute Gasteiger partial charge is 0.481 e. The molecule has 2 amide bonds. The maximum Gasteiger partial charge on any atom is 0.410 e. The summed E-state index contributed by atoms with van der Waals surface area (Å²) in [7, 11) is 0. The average molecular weight is 544 g/mol. The van der Waals surface area contributed by atoms with E-state index in [1.807, 2.05) is 0 Å². The molecule has 2 saturated carbocycles. The minimum Gasteiger partial charge on any atom is -0.481 e. The number of hydrogen-bond acceptors (Lipinski definition) is 6. The molecule has 1 saturated heterocycles. The lowest BCUT2D eigenvalue weighted by Gasteiger charge is -2.60. The molecule has 0 spiro atoms. The zero-order chi connectivity index (χ0) is 27.8. The quantitative estimate of drug-likeness (QED) is 0.362. The first-order chi connectivity index (χ1) is 17.9. The molecule has 4 atom stereocenters. The summed E-state index contributed by atoms with van der Waals surface area (Å²) in [6.45, 7) is 1.49. The first kappa shape index (κ1) is 27.6. The Labute approximate surface area is 215 Å². The van der Waals surface area contributed by atoms with Crippen LogP contribution in [0.2, 0.25) is 0 Å². The van der Waals surface area contributed by atoms with E-state index in [9.17, 15) is 36.7 Å². The third-order valence-electron chi connectivity index (χ3n) is 7.93. The lowest BCUT2D eigenvalue weighted by atomic mass is 9.47. The van der Waals surface area contributed by atoms with Crippen LogP contribution in [0.5, 0.6) is 5.75 Å². The second kappa shape index (κ2) is 10.8. The molecule has 38 heavy (non-hydrogen) atoms. The summed E-state index contributed by atoms with van der Waals surface area (Å²) in [4.78, 5) is 50.5. The number of piperidine rings is 1. The molecule has 0 unspecified atom stereocenters. The maximum absolute atomic E-state index is 13.8. The second-order valence-corrected chi connectivity index (χ2v) is 10.4. The molecule has 3 aliphatic rings. The van der Waals surface area contributed by atoms with Gasteiger partial charge >= 0.3 is 12.1 Å². The van der Waals surface area contributed by atoms with E-state index in [0.717, 1.165) is 19.3 Å². The number of carbonyl (C=O) groups is 4. The molecule has 0 aromatic heterocycles. The highest BCUT2D eigenvalue weighted by molar-refractivity contribution is 5.93. The molecule has 4 rings (SSSR count). The number of ketones is 1. The summed E-state index contributed by atoms with van der Waals surface area (Å²) in [6.07, 6.45) is 2.14. The maximum atomic E-state index is 13.8. The average Bonchev–Trinajstić information content (AvgIpc) is 2.86. The van der Waals surface area contributed by atoms with E-state index in [0.29, 0.717) is 5.92 Å². The van der Waals surface area contributed by atoms with Crippen molar-refractivity contribution in [3.8, 4) is 5.75 Å². The van der Waals surface area contributed by atoms with Gasteiger partial charge in [0.25, 0.3) is 0 Å². The molecule has 0 radical (unpaired) electrons. The number of nitrogens with zero attached hydrogens (tertiary/aromatic N) is 1. The fraction of sp³-hybridized carbons (Fsp3) is 0.600. The van der Waals surface area contributed by atoms with Crippen LogP contribution < -0.4 is 10.1 Å². The zero-order valence-electron chi connectivity index (χ0n) is 20.6. The van der Waals surface area contributed by atoms with E-state index in [2.05, 4.69) is 17.0 Å². The Kier molecular flexibility index (Phi) is 7.84. The lowest BCUT2D eigenvalue weighted by molar-refractivity contribution is -0.171. The number of carboxylic acid groups (broad SMARTS) is 1. The van der Waals surface area contributed by atoms with Crippen LogP contribution in [-0.2, 0) is 19.1 Å². The van der Waals surface area contributed by atoms with Gasteiger partial charge in [0.15, 0.2) is 23.2 Å². The highest BCUT2D eigenvalue weighted by Crippen LogP contribution is 2.61. The fourth-order valence-electron chi connectivity index (χ4n) is 5.42. The van der Waals surface area contributed by atoms with Crippen LogP contribution in [0.1, 0.15) is 45.4 Å². The summed E-state index contributed by atoms with van der Waals surface area (Å²) >= 11 is 0. The zero-order valence-corrected chi connectivity index (χ0v) is 20.6. The summed E-state index contributed by atoms with van der Waals surface area (Å²) in [5.74, 6) is -12.1. The van der Waals surface area contributed by atoms with E-state index in [-0.39, 0.29) is 43.5 Å². The molecule has 3 fully saturated rings. The number of rotatable bonds is 9. The lowest BCUT2D eigenvalue weighted by Crippen LogP contribution is -2.59. The molecule has 2 N–H and O–H groups in total. The fourth-order valence-corrected chi connectivity index (χ4v) is 5.42. The monoisotopic (exact) mass is 544 g/mol. The number of Topliss-reactive ketones (excluding diaryl/α,β-unsaturated/α-hetero) is 1. The van der Waals surface area contributed by atoms with Gasteiger partial charge in [0.2, 0.25) is 17.5 Å². The molecule has 2 aliphatic carbocycles. The van der Waals surface area contributed by atoms with Gasteiger partial charge in [0.05, 0.1) is 6.42 Å². The Balaban J connectivity index is 1.28. The van der Waals surface area contributed by atoms with Crippen molar-refractivity contribution in [2.45, 2.75) is 57.6 Å². The molecule has 13 heteroatoms. The SMILES string of the molecule is C[C@]12CC[C@H]1[C@H](OC(=O)N1CCC(C(=O)N[C@@H](CC(=O)O)C(=O)COc3c(F)c(F)cc(F)c3F)CC1)C2. The summed E-state index contributed by atoms with van der Waals surface area (Å²) in [6, 6.07) is -1.66. The first-order valence-corrected chi connectivity index (χ1v) is 12.4. The number of carbonyl (C=O) groups excluding carboxylic acids is 3. The van der Waals surface area contributed by atoms with Gasteiger partial charge in [-0.3, -0.25) is 14.4 Å². The van der Waals surface area contributed by atoms with Crippen LogP contribution in [0.15, 0.2) is 6.07 Å². The third-order valence-corrected chi connectivity index (χ3v) is 7.93. The molecule has 1 aliphatic heterocycles. The van der Waals surface area contributed by atoms with Gasteiger partial charge in [-0.1, -0.05) is 6.92 Å². The third kappa shape index (κ3) is 5.56. The van der Waals surface area contributed by atoms with Gasteiger partial charge in [-0.25, -0.2) is 13.6 Å². The Hall–Kier alpha value is -3.38. The number of hydrogen-bond donors (Lipinski definition) is 2. The summed E-state index contributed by atoms with van der Waals surface area (Å²) in [5.41, 5.74) is 0.279. The Morgan fingerprint density at radius 3 is 2.24 bits per heavy atom. The number of nitrogens with one attached hydrogen (secondary N) is 1. The van der Waals surface area contributed by atoms with Crippen LogP contribution in [-0.4, -0.2) is 65.6 Å². The van der Waals surface area contributed by atoms with Crippen molar-refractivity contribution in [2.75, 3.05) is 19.7 Å². The molecular formula is C25H28F4N2O7. The Morgan fingerprint density at radius 2 is 1.74 bits per heavy atom. The van der Waals surface area contributed by atoms with E-state index >= 15 is 0 Å². The van der Waals surface area contributed by atoms with Gasteiger partial charge in [-0.2, -0.15) is 8.78 Å². The molecule has 1 heterocycles. The Morgan fingerprint density at radius 1 is 1.11 bits per heavy atom. The van der Waals surface area contributed by atoms with E-state index in [1.54, 1.807) is 0 Å². The minimum absolute atomic E-state index is 0.0327. The van der Waals surface area contributed by atoms with Crippen LogP contribution in [0, 0.1) is 40.5 Å². The topological polar surface area (TPSA) is 122 Å². The Bertz CT molecular complexity index is 1110. The number of aliphatic carboxylic acids is 1. The molecule has 9 nitrogen and oxygen atoms in total. The molecular weight excluding hydrogens is 516 g/mol. The number of benzene rings is 1. The van der Waals surface area contributed by atoms with Crippen LogP contribution in [0.4, 0.5) is 22.4 Å². The van der Waals surface area contributed by atoms with E-state index in [1.165, 1.54) is 4.90 Å². The second-order valence-electron chi connectivity index (χ2n) is 10.4. The first-order valence-electron chi connectivity index (χ1n) is 12.4. The van der Waals surface area contributed by atoms with Crippen LogP contribution in [0.3, 0.4) is 0 Å². The van der Waals surface area contributed by atoms with Gasteiger partial charge < -0.3 is 24.8 Å². The predicted octanol–water partition coefficient (Wildman–Crippen LogP) is 3.19. The molecule has 1 aromatic rings. The summed E-state index contributed by atoms with van der Waals surface area (Å²) < 4.78 is 64.5. The van der Waals surface area contributed by atoms with Gasteiger partial charge in [-0.05, 0) is 37.5 Å². The highest BCUT2D eigenvalue weighted by atomic mass is 19.2. The smallest absolute Gasteiger partial charge is 0.410 e. The van der Waals surface area contributed by atoms with Gasteiger partial charge in [0, 0.05) is 31.0 Å². The van der Waals surface area contributed by atoms with E-state index < -0.39 is 77.8 Å². The number of amides is 2. The number of fused-ring (bicyclic) bond motifs is 1. The predicted molar refractivity (Wildman–Crippen MR) is 121 cm³/mol. The molecule has 0 bridgehead atoms. The molecule has 208 valence electrons. The number of likely N-dealkylation sites (tertiary alicyclic amines) is 1. The normalized spacial score (nSPS) is 25.3. The van der Waals surface area contributed by atoms with E-state index in [4.69, 9.17) is 9.84 Å². The minimum atomic E-state index is -1.86. The van der Waals surface area contributed by atoms with Crippen LogP contribution >= 0.6 is 0 Å². The van der Waals surface area contributed by atoms with Crippen molar-refractivity contribution in [2.24, 2.45) is 17.3 Å². The van der Waals surface area contributed by atoms with Crippen molar-refractivity contribution in [3.05, 3.63) is 29.3 Å². The van der Waals surface area contributed by atoms with Crippen molar-refractivity contribution in [1.82, 2.24) is 10.2 Å². The standard InChI is InChI=1S/C25H28F4N2O7/c1-25-5-2-13(25)18(10-25)38-24(36)31-6-3-12(4-7-31)23(35)30-16(9-19(33)34)17(32)11-37-22-20(28)14(26)8-15(27)21(22)29/h8,12-13,16,18H,2-7,9-11H2,1H3,(H,30,35)(H,33,34)/t13-,16-,18+,25+/m0/s1. The van der Waals surface area contributed by atoms with Crippen molar-refractivity contribution in [1.29, 1.82) is 0 Å².